The topological polar surface area (TPSA) is 95.4 Å². The number of anilines is 1. The van der Waals surface area contributed by atoms with Gasteiger partial charge in [-0.05, 0) is 12.1 Å². The Morgan fingerprint density at radius 1 is 1.26 bits per heavy atom. The molecule has 0 heterocycles. The number of benzene rings is 1. The van der Waals surface area contributed by atoms with Crippen molar-refractivity contribution in [1.82, 2.24) is 0 Å². The zero-order chi connectivity index (χ0) is 14.8. The van der Waals surface area contributed by atoms with Gasteiger partial charge in [0.1, 0.15) is 12.4 Å². The van der Waals surface area contributed by atoms with E-state index in [1.54, 1.807) is 0 Å². The van der Waals surface area contributed by atoms with Gasteiger partial charge in [-0.25, -0.2) is 17.9 Å². The van der Waals surface area contributed by atoms with E-state index in [4.69, 9.17) is 10.9 Å². The first-order valence-electron chi connectivity index (χ1n) is 4.75. The van der Waals surface area contributed by atoms with Crippen LogP contribution in [0.4, 0.5) is 23.2 Å². The summed E-state index contributed by atoms with van der Waals surface area (Å²) in [6.45, 7) is -2.87. The van der Waals surface area contributed by atoms with E-state index in [9.17, 15) is 26.0 Å². The molecular weight excluding hydrogens is 292 g/mol. The van der Waals surface area contributed by atoms with Gasteiger partial charge in [-0.15, -0.1) is 0 Å². The molecule has 108 valence electrons. The first kappa shape index (κ1) is 15.5. The fourth-order valence-corrected chi connectivity index (χ4v) is 2.04. The molecule has 0 unspecified atom stereocenters. The standard InChI is InChI=1S/C9H10F4N2O3S/c10-3-5-1-7(18-4-9(11,12)13)6(14)2-8(5)19(15,16)17/h1-2H,3-4,14H2,(H2,15,16,17). The van der Waals surface area contributed by atoms with Crippen LogP contribution in [0.3, 0.4) is 0 Å². The number of nitrogens with two attached hydrogens (primary N) is 2. The fourth-order valence-electron chi connectivity index (χ4n) is 1.27. The van der Waals surface area contributed by atoms with Crippen molar-refractivity contribution in [3.8, 4) is 5.75 Å². The summed E-state index contributed by atoms with van der Waals surface area (Å²) in [7, 11) is -4.23. The maximum atomic E-state index is 12.7. The third-order valence-electron chi connectivity index (χ3n) is 2.03. The van der Waals surface area contributed by atoms with Crippen molar-refractivity contribution in [2.75, 3.05) is 12.3 Å². The highest BCUT2D eigenvalue weighted by molar-refractivity contribution is 7.89. The molecule has 0 aliphatic carbocycles. The lowest BCUT2D eigenvalue weighted by molar-refractivity contribution is -0.153. The Labute approximate surface area is 106 Å². The van der Waals surface area contributed by atoms with Crippen molar-refractivity contribution >= 4 is 15.7 Å². The summed E-state index contributed by atoms with van der Waals surface area (Å²) in [5.41, 5.74) is 4.53. The van der Waals surface area contributed by atoms with Crippen molar-refractivity contribution in [3.63, 3.8) is 0 Å². The van der Waals surface area contributed by atoms with E-state index in [1.165, 1.54) is 0 Å². The van der Waals surface area contributed by atoms with E-state index in [0.29, 0.717) is 0 Å². The van der Waals surface area contributed by atoms with Gasteiger partial charge in [0, 0.05) is 5.56 Å². The summed E-state index contributed by atoms with van der Waals surface area (Å²) in [5.74, 6) is -0.461. The summed E-state index contributed by atoms with van der Waals surface area (Å²) in [4.78, 5) is -0.591. The Morgan fingerprint density at radius 3 is 2.26 bits per heavy atom. The molecule has 1 rings (SSSR count). The third-order valence-corrected chi connectivity index (χ3v) is 3.03. The number of nitrogen functional groups attached to an aromatic ring is 1. The molecule has 0 aromatic heterocycles. The third kappa shape index (κ3) is 4.24. The van der Waals surface area contributed by atoms with Crippen molar-refractivity contribution in [3.05, 3.63) is 17.7 Å². The number of halogens is 4. The molecule has 19 heavy (non-hydrogen) atoms. The molecule has 0 radical (unpaired) electrons. The van der Waals surface area contributed by atoms with Crippen LogP contribution in [0.25, 0.3) is 0 Å². The molecule has 0 aliphatic rings. The number of hydrogen-bond acceptors (Lipinski definition) is 4. The molecule has 5 nitrogen and oxygen atoms in total. The number of ether oxygens (including phenoxy) is 1. The Hall–Kier alpha value is -1.55. The molecule has 10 heteroatoms. The second-order valence-corrected chi connectivity index (χ2v) is 5.11. The van der Waals surface area contributed by atoms with Gasteiger partial charge in [-0.2, -0.15) is 13.2 Å². The second-order valence-electron chi connectivity index (χ2n) is 3.58. The molecule has 0 fully saturated rings. The van der Waals surface area contributed by atoms with Crippen LogP contribution in [-0.2, 0) is 16.7 Å². The fraction of sp³-hybridized carbons (Fsp3) is 0.333. The van der Waals surface area contributed by atoms with Gasteiger partial charge >= 0.3 is 6.18 Å². The van der Waals surface area contributed by atoms with Crippen LogP contribution in [0.5, 0.6) is 5.75 Å². The first-order chi connectivity index (χ1) is 8.54. The highest BCUT2D eigenvalue weighted by Crippen LogP contribution is 2.30. The number of hydrogen-bond donors (Lipinski definition) is 2. The molecule has 4 N–H and O–H groups in total. The molecule has 0 atom stereocenters. The zero-order valence-electron chi connectivity index (χ0n) is 9.37. The van der Waals surface area contributed by atoms with E-state index in [2.05, 4.69) is 4.74 Å². The van der Waals surface area contributed by atoms with E-state index < -0.39 is 45.7 Å². The average Bonchev–Trinajstić information content (AvgIpc) is 2.24. The quantitative estimate of drug-likeness (QED) is 0.648. The van der Waals surface area contributed by atoms with Crippen LogP contribution in [0.1, 0.15) is 5.56 Å². The lowest BCUT2D eigenvalue weighted by Gasteiger charge is -2.13. The largest absolute Gasteiger partial charge is 0.482 e. The molecule has 1 aromatic carbocycles. The molecule has 1 aromatic rings. The van der Waals surface area contributed by atoms with Crippen molar-refractivity contribution < 1.29 is 30.7 Å². The van der Waals surface area contributed by atoms with E-state index in [0.717, 1.165) is 12.1 Å². The minimum atomic E-state index is -4.60. The summed E-state index contributed by atoms with van der Waals surface area (Å²) in [6, 6.07) is 1.54. The maximum absolute atomic E-state index is 12.7. The van der Waals surface area contributed by atoms with Crippen LogP contribution >= 0.6 is 0 Å². The van der Waals surface area contributed by atoms with Gasteiger partial charge in [0.2, 0.25) is 10.0 Å². The highest BCUT2D eigenvalue weighted by Gasteiger charge is 2.29. The van der Waals surface area contributed by atoms with Crippen molar-refractivity contribution in [1.29, 1.82) is 0 Å². The normalized spacial score (nSPS) is 12.5. The molecule has 0 spiro atoms. The van der Waals surface area contributed by atoms with Crippen LogP contribution in [0.2, 0.25) is 0 Å². The summed E-state index contributed by atoms with van der Waals surface area (Å²) in [5, 5.41) is 4.82. The number of alkyl halides is 4. The molecule has 0 aliphatic heterocycles. The molecule has 0 saturated carbocycles. The second kappa shape index (κ2) is 5.21. The van der Waals surface area contributed by atoms with Crippen LogP contribution in [0, 0.1) is 0 Å². The minimum absolute atomic E-state index is 0.384. The van der Waals surface area contributed by atoms with Crippen molar-refractivity contribution in [2.24, 2.45) is 5.14 Å². The lowest BCUT2D eigenvalue weighted by atomic mass is 10.2. The Balaban J connectivity index is 3.17. The van der Waals surface area contributed by atoms with E-state index in [-0.39, 0.29) is 5.69 Å². The summed E-state index contributed by atoms with van der Waals surface area (Å²) in [6.07, 6.45) is -4.60. The van der Waals surface area contributed by atoms with Gasteiger partial charge in [0.15, 0.2) is 6.61 Å². The molecular formula is C9H10F4N2O3S. The molecule has 0 saturated heterocycles. The zero-order valence-corrected chi connectivity index (χ0v) is 10.2. The Kier molecular flexibility index (Phi) is 4.25. The lowest BCUT2D eigenvalue weighted by Crippen LogP contribution is -2.20. The van der Waals surface area contributed by atoms with E-state index in [1.807, 2.05) is 0 Å². The van der Waals surface area contributed by atoms with Gasteiger partial charge in [-0.3, -0.25) is 0 Å². The minimum Gasteiger partial charge on any atom is -0.482 e. The monoisotopic (exact) mass is 302 g/mol. The molecule has 0 amide bonds. The maximum Gasteiger partial charge on any atom is 0.422 e. The smallest absolute Gasteiger partial charge is 0.422 e. The Bertz CT molecular complexity index is 572. The SMILES string of the molecule is Nc1cc(S(N)(=O)=O)c(CF)cc1OCC(F)(F)F. The predicted octanol–water partition coefficient (Wildman–Crippen LogP) is 1.33. The van der Waals surface area contributed by atoms with Gasteiger partial charge in [0.05, 0.1) is 10.6 Å². The summed E-state index contributed by atoms with van der Waals surface area (Å²) >= 11 is 0. The van der Waals surface area contributed by atoms with Gasteiger partial charge in [0.25, 0.3) is 0 Å². The predicted molar refractivity (Wildman–Crippen MR) is 58.6 cm³/mol. The Morgan fingerprint density at radius 2 is 1.84 bits per heavy atom. The highest BCUT2D eigenvalue weighted by atomic mass is 32.2. The van der Waals surface area contributed by atoms with Crippen LogP contribution in [0.15, 0.2) is 17.0 Å². The van der Waals surface area contributed by atoms with Gasteiger partial charge in [-0.1, -0.05) is 0 Å². The average molecular weight is 302 g/mol. The number of sulfonamides is 1. The number of rotatable bonds is 4. The summed E-state index contributed by atoms with van der Waals surface area (Å²) < 4.78 is 75.2. The van der Waals surface area contributed by atoms with Crippen LogP contribution in [-0.4, -0.2) is 21.2 Å². The first-order valence-corrected chi connectivity index (χ1v) is 6.30. The van der Waals surface area contributed by atoms with Crippen molar-refractivity contribution in [2.45, 2.75) is 17.7 Å². The number of primary sulfonamides is 1. The van der Waals surface area contributed by atoms with E-state index >= 15 is 0 Å². The van der Waals surface area contributed by atoms with Gasteiger partial charge < -0.3 is 10.5 Å². The van der Waals surface area contributed by atoms with Crippen LogP contribution < -0.4 is 15.6 Å². The molecule has 0 bridgehead atoms.